The van der Waals surface area contributed by atoms with Gasteiger partial charge in [-0.1, -0.05) is 60.3 Å². The zero-order valence-electron chi connectivity index (χ0n) is 15.0. The number of aliphatic hydroxyl groups excluding tert-OH is 1. The maximum atomic E-state index is 12.3. The van der Waals surface area contributed by atoms with Crippen molar-refractivity contribution < 1.29 is 24.2 Å². The van der Waals surface area contributed by atoms with Crippen LogP contribution in [-0.2, 0) is 14.3 Å². The summed E-state index contributed by atoms with van der Waals surface area (Å²) in [6.07, 6.45) is -0.805. The molecule has 1 aliphatic carbocycles. The van der Waals surface area contributed by atoms with Crippen LogP contribution >= 0.6 is 11.8 Å². The first-order valence-electron chi connectivity index (χ1n) is 8.67. The third-order valence-corrected chi connectivity index (χ3v) is 5.75. The fraction of sp³-hybridized carbons (Fsp3) is 0.190. The van der Waals surface area contributed by atoms with Gasteiger partial charge in [0.25, 0.3) is 0 Å². The summed E-state index contributed by atoms with van der Waals surface area (Å²) in [5, 5.41) is 9.93. The van der Waals surface area contributed by atoms with Crippen molar-refractivity contribution in [2.24, 2.45) is 4.99 Å². The fourth-order valence-corrected chi connectivity index (χ4v) is 4.41. The lowest BCUT2D eigenvalue weighted by molar-refractivity contribution is -0.135. The van der Waals surface area contributed by atoms with Crippen molar-refractivity contribution in [1.82, 2.24) is 0 Å². The molecule has 0 unspecified atom stereocenters. The maximum Gasteiger partial charge on any atom is 0.434 e. The van der Waals surface area contributed by atoms with E-state index in [9.17, 15) is 14.7 Å². The van der Waals surface area contributed by atoms with Crippen molar-refractivity contribution in [3.63, 3.8) is 0 Å². The van der Waals surface area contributed by atoms with Gasteiger partial charge in [0.05, 0.1) is 12.9 Å². The van der Waals surface area contributed by atoms with E-state index in [4.69, 9.17) is 4.74 Å². The second-order valence-electron chi connectivity index (χ2n) is 6.32. The highest BCUT2D eigenvalue weighted by atomic mass is 32.2. The summed E-state index contributed by atoms with van der Waals surface area (Å²) in [4.78, 5) is 27.9. The van der Waals surface area contributed by atoms with E-state index in [0.717, 1.165) is 34.0 Å². The first-order valence-corrected chi connectivity index (χ1v) is 9.66. The number of hydrogen-bond acceptors (Lipinski definition) is 6. The second-order valence-corrected chi connectivity index (χ2v) is 7.29. The van der Waals surface area contributed by atoms with Gasteiger partial charge in [-0.15, -0.1) is 0 Å². The van der Waals surface area contributed by atoms with Gasteiger partial charge in [-0.2, -0.15) is 4.99 Å². The first kappa shape index (κ1) is 18.3. The molecule has 0 saturated carbocycles. The molecule has 1 aliphatic heterocycles. The van der Waals surface area contributed by atoms with Crippen LogP contribution in [-0.4, -0.2) is 41.7 Å². The summed E-state index contributed by atoms with van der Waals surface area (Å²) in [5.41, 5.74) is 4.40. The normalized spacial score (nSPS) is 16.8. The van der Waals surface area contributed by atoms with E-state index in [2.05, 4.69) is 21.9 Å². The van der Waals surface area contributed by atoms with Gasteiger partial charge in [-0.05, 0) is 22.3 Å². The minimum atomic E-state index is -0.805. The van der Waals surface area contributed by atoms with E-state index in [1.807, 2.05) is 36.4 Å². The highest BCUT2D eigenvalue weighted by molar-refractivity contribution is 8.15. The van der Waals surface area contributed by atoms with Gasteiger partial charge < -0.3 is 14.6 Å². The molecule has 1 amide bonds. The lowest BCUT2D eigenvalue weighted by Crippen LogP contribution is -2.14. The third kappa shape index (κ3) is 3.18. The predicted molar refractivity (Wildman–Crippen MR) is 107 cm³/mol. The average molecular weight is 395 g/mol. The van der Waals surface area contributed by atoms with Gasteiger partial charge in [0.1, 0.15) is 23.0 Å². The molecule has 2 aliphatic rings. The number of rotatable bonds is 3. The van der Waals surface area contributed by atoms with E-state index in [1.165, 1.54) is 7.11 Å². The van der Waals surface area contributed by atoms with E-state index in [0.29, 0.717) is 0 Å². The molecule has 0 spiro atoms. The molecule has 28 heavy (non-hydrogen) atoms. The molecule has 6 nitrogen and oxygen atoms in total. The molecule has 4 rings (SSSR count). The molecule has 1 N–H and O–H groups in total. The zero-order chi connectivity index (χ0) is 19.7. The van der Waals surface area contributed by atoms with Crippen molar-refractivity contribution in [3.8, 4) is 11.1 Å². The minimum absolute atomic E-state index is 0.0724. The monoisotopic (exact) mass is 395 g/mol. The highest BCUT2D eigenvalue weighted by Crippen LogP contribution is 2.44. The fourth-order valence-electron chi connectivity index (χ4n) is 3.51. The highest BCUT2D eigenvalue weighted by Gasteiger charge is 2.31. The second kappa shape index (κ2) is 7.52. The molecule has 142 valence electrons. The maximum absolute atomic E-state index is 12.3. The molecular formula is C21H17NO5S. The largest absolute Gasteiger partial charge is 0.510 e. The van der Waals surface area contributed by atoms with E-state index >= 15 is 0 Å². The Morgan fingerprint density at radius 3 is 2.32 bits per heavy atom. The molecule has 2 aromatic rings. The molecule has 7 heteroatoms. The minimum Gasteiger partial charge on any atom is -0.510 e. The van der Waals surface area contributed by atoms with Crippen LogP contribution in [0.1, 0.15) is 17.0 Å². The van der Waals surface area contributed by atoms with Gasteiger partial charge in [0.2, 0.25) is 0 Å². The number of carbonyl (C=O) groups excluding carboxylic acids is 2. The SMILES string of the molecule is COC(=O)C1=C(O)CS/C1=N\C(=O)OCC1c2ccccc2-c2ccccc21. The van der Waals surface area contributed by atoms with Crippen molar-refractivity contribution in [3.05, 3.63) is 71.0 Å². The van der Waals surface area contributed by atoms with Crippen LogP contribution in [0, 0.1) is 0 Å². The number of aliphatic hydroxyl groups is 1. The predicted octanol–water partition coefficient (Wildman–Crippen LogP) is 4.07. The number of esters is 1. The average Bonchev–Trinajstić information content (AvgIpc) is 3.23. The molecular weight excluding hydrogens is 378 g/mol. The molecule has 0 bridgehead atoms. The van der Waals surface area contributed by atoms with Crippen LogP contribution in [0.5, 0.6) is 0 Å². The van der Waals surface area contributed by atoms with Gasteiger partial charge >= 0.3 is 12.1 Å². The van der Waals surface area contributed by atoms with Crippen LogP contribution < -0.4 is 0 Å². The Labute approximate surface area is 165 Å². The zero-order valence-corrected chi connectivity index (χ0v) is 15.9. The van der Waals surface area contributed by atoms with Gasteiger partial charge in [0, 0.05) is 5.92 Å². The summed E-state index contributed by atoms with van der Waals surface area (Å²) in [6, 6.07) is 16.1. The van der Waals surface area contributed by atoms with Gasteiger partial charge in [0.15, 0.2) is 0 Å². The quantitative estimate of drug-likeness (QED) is 0.789. The standard InChI is InChI=1S/C21H17NO5S/c1-26-20(24)18-17(23)11-28-19(18)22-21(25)27-10-16-14-8-4-2-6-12(14)13-7-3-5-9-15(13)16/h2-9,16,23H,10-11H2,1H3/b22-19-. The number of fused-ring (bicyclic) bond motifs is 3. The van der Waals surface area contributed by atoms with Crippen molar-refractivity contribution >= 4 is 28.9 Å². The van der Waals surface area contributed by atoms with Gasteiger partial charge in [-0.3, -0.25) is 0 Å². The Morgan fingerprint density at radius 2 is 1.71 bits per heavy atom. The van der Waals surface area contributed by atoms with Crippen LogP contribution in [0.4, 0.5) is 4.79 Å². The number of ether oxygens (including phenoxy) is 2. The van der Waals surface area contributed by atoms with E-state index < -0.39 is 12.1 Å². The van der Waals surface area contributed by atoms with Crippen LogP contribution in [0.25, 0.3) is 11.1 Å². The van der Waals surface area contributed by atoms with Crippen LogP contribution in [0.3, 0.4) is 0 Å². The number of thioether (sulfide) groups is 1. The Bertz CT molecular complexity index is 981. The van der Waals surface area contributed by atoms with Crippen molar-refractivity contribution in [1.29, 1.82) is 0 Å². The lowest BCUT2D eigenvalue weighted by atomic mass is 9.98. The smallest absolute Gasteiger partial charge is 0.434 e. The molecule has 0 saturated heterocycles. The van der Waals surface area contributed by atoms with Crippen LogP contribution in [0.15, 0.2) is 64.9 Å². The summed E-state index contributed by atoms with van der Waals surface area (Å²) in [7, 11) is 1.20. The van der Waals surface area contributed by atoms with E-state index in [-0.39, 0.29) is 34.7 Å². The number of carbonyl (C=O) groups is 2. The van der Waals surface area contributed by atoms with Crippen molar-refractivity contribution in [2.45, 2.75) is 5.92 Å². The summed E-state index contributed by atoms with van der Waals surface area (Å²) in [5.74, 6) is -0.786. The summed E-state index contributed by atoms with van der Waals surface area (Å²) >= 11 is 1.09. The van der Waals surface area contributed by atoms with Crippen LogP contribution in [0.2, 0.25) is 0 Å². The molecule has 2 aromatic carbocycles. The van der Waals surface area contributed by atoms with E-state index in [1.54, 1.807) is 0 Å². The first-order chi connectivity index (χ1) is 13.6. The number of amides is 1. The molecule has 0 aromatic heterocycles. The molecule has 1 heterocycles. The Hall–Kier alpha value is -3.06. The summed E-state index contributed by atoms with van der Waals surface area (Å²) < 4.78 is 10.0. The molecule has 0 fully saturated rings. The molecule has 0 radical (unpaired) electrons. The number of methoxy groups -OCH3 is 1. The number of nitrogens with zero attached hydrogens (tertiary/aromatic N) is 1. The number of benzene rings is 2. The number of aliphatic imine (C=N–C) groups is 1. The Morgan fingerprint density at radius 1 is 1.11 bits per heavy atom. The number of hydrogen-bond donors (Lipinski definition) is 1. The lowest BCUT2D eigenvalue weighted by Gasteiger charge is -2.13. The topological polar surface area (TPSA) is 85.2 Å². The Balaban J connectivity index is 1.53. The Kier molecular flexibility index (Phi) is 4.92. The molecule has 0 atom stereocenters. The van der Waals surface area contributed by atoms with Gasteiger partial charge in [-0.25, -0.2) is 9.59 Å². The van der Waals surface area contributed by atoms with Crippen molar-refractivity contribution in [2.75, 3.05) is 19.5 Å². The summed E-state index contributed by atoms with van der Waals surface area (Å²) in [6.45, 7) is 0.136. The third-order valence-electron chi connectivity index (χ3n) is 4.77.